The lowest BCUT2D eigenvalue weighted by Crippen LogP contribution is -2.38. The van der Waals surface area contributed by atoms with Crippen LogP contribution in [0.1, 0.15) is 34.7 Å². The van der Waals surface area contributed by atoms with Crippen molar-refractivity contribution in [3.8, 4) is 5.75 Å². The number of fused-ring (bicyclic) bond motifs is 3. The molecule has 0 bridgehead atoms. The fourth-order valence-corrected chi connectivity index (χ4v) is 6.16. The van der Waals surface area contributed by atoms with E-state index < -0.39 is 22.4 Å². The van der Waals surface area contributed by atoms with Crippen LogP contribution in [-0.2, 0) is 6.42 Å². The zero-order valence-corrected chi connectivity index (χ0v) is 20.3. The van der Waals surface area contributed by atoms with E-state index in [0.29, 0.717) is 19.9 Å². The van der Waals surface area contributed by atoms with Crippen molar-refractivity contribution in [2.45, 2.75) is 18.9 Å². The van der Waals surface area contributed by atoms with Gasteiger partial charge in [0.2, 0.25) is 0 Å². The third-order valence-electron chi connectivity index (χ3n) is 6.57. The lowest BCUT2D eigenvalue weighted by atomic mass is 9.83. The van der Waals surface area contributed by atoms with E-state index in [9.17, 15) is 20.0 Å². The molecule has 7 nitrogen and oxygen atoms in total. The molecule has 1 aliphatic heterocycles. The number of aromatic nitrogens is 1. The highest BCUT2D eigenvalue weighted by molar-refractivity contribution is 7.07. The van der Waals surface area contributed by atoms with Gasteiger partial charge in [0, 0.05) is 16.7 Å². The number of phenols is 1. The third-order valence-corrected chi connectivity index (χ3v) is 7.89. The first kappa shape index (κ1) is 22.5. The molecular formula is C27H18ClN3O4S. The van der Waals surface area contributed by atoms with Crippen molar-refractivity contribution in [1.29, 1.82) is 0 Å². The monoisotopic (exact) mass is 515 g/mol. The lowest BCUT2D eigenvalue weighted by Gasteiger charge is -2.31. The normalized spacial score (nSPS) is 16.7. The Hall–Kier alpha value is -4.01. The van der Waals surface area contributed by atoms with E-state index in [2.05, 4.69) is 12.1 Å². The molecule has 1 aliphatic carbocycles. The van der Waals surface area contributed by atoms with Gasteiger partial charge in [-0.3, -0.25) is 19.5 Å². The zero-order chi connectivity index (χ0) is 25.0. The van der Waals surface area contributed by atoms with Gasteiger partial charge in [0.15, 0.2) is 10.6 Å². The number of hydrogen-bond donors (Lipinski definition) is 1. The number of rotatable bonds is 3. The van der Waals surface area contributed by atoms with E-state index in [1.807, 2.05) is 36.4 Å². The second kappa shape index (κ2) is 8.58. The molecule has 0 saturated carbocycles. The summed E-state index contributed by atoms with van der Waals surface area (Å²) >= 11 is 7.87. The van der Waals surface area contributed by atoms with Crippen molar-refractivity contribution in [1.82, 2.24) is 4.57 Å². The topological polar surface area (TPSA) is 97.7 Å². The average molecular weight is 516 g/mol. The Morgan fingerprint density at radius 3 is 2.69 bits per heavy atom. The molecule has 2 heterocycles. The quantitative estimate of drug-likeness (QED) is 0.319. The van der Waals surface area contributed by atoms with E-state index in [-0.39, 0.29) is 5.56 Å². The van der Waals surface area contributed by atoms with Crippen LogP contribution >= 0.6 is 22.9 Å². The van der Waals surface area contributed by atoms with Gasteiger partial charge >= 0.3 is 5.69 Å². The number of thiazole rings is 1. The van der Waals surface area contributed by atoms with Crippen LogP contribution in [0.3, 0.4) is 0 Å². The van der Waals surface area contributed by atoms with Crippen molar-refractivity contribution in [3.05, 3.63) is 129 Å². The highest BCUT2D eigenvalue weighted by Gasteiger charge is 2.33. The average Bonchev–Trinajstić information content (AvgIpc) is 3.18. The number of allylic oxidation sites excluding steroid dienone is 1. The van der Waals surface area contributed by atoms with Crippen molar-refractivity contribution in [3.63, 3.8) is 0 Å². The molecular weight excluding hydrogens is 498 g/mol. The smallest absolute Gasteiger partial charge is 0.311 e. The Morgan fingerprint density at radius 1 is 1.11 bits per heavy atom. The van der Waals surface area contributed by atoms with Gasteiger partial charge in [-0.05, 0) is 53.3 Å². The van der Waals surface area contributed by atoms with Crippen LogP contribution < -0.4 is 14.9 Å². The largest absolute Gasteiger partial charge is 0.502 e. The van der Waals surface area contributed by atoms with Gasteiger partial charge in [-0.2, -0.15) is 0 Å². The third kappa shape index (κ3) is 3.57. The highest BCUT2D eigenvalue weighted by Crippen LogP contribution is 2.42. The van der Waals surface area contributed by atoms with Gasteiger partial charge in [0.05, 0.1) is 21.2 Å². The number of hydrogen-bond acceptors (Lipinski definition) is 6. The molecule has 1 aromatic heterocycles. The Morgan fingerprint density at radius 2 is 1.89 bits per heavy atom. The van der Waals surface area contributed by atoms with Crippen LogP contribution in [0.5, 0.6) is 5.75 Å². The molecule has 0 radical (unpaired) electrons. The van der Waals surface area contributed by atoms with Crippen molar-refractivity contribution in [2.75, 3.05) is 0 Å². The van der Waals surface area contributed by atoms with E-state index in [0.717, 1.165) is 35.2 Å². The van der Waals surface area contributed by atoms with Crippen LogP contribution in [0.4, 0.5) is 5.69 Å². The van der Waals surface area contributed by atoms with Crippen LogP contribution in [0, 0.1) is 10.1 Å². The SMILES string of the molecule is O=c1/c(=C\c2ccc(O)c([N+](=O)[O-])c2)sc2n1[C@H](c1ccccc1Cl)C1=C(N=2)c2ccccc2CC1. The summed E-state index contributed by atoms with van der Waals surface area (Å²) < 4.78 is 2.07. The number of nitro groups is 1. The van der Waals surface area contributed by atoms with Gasteiger partial charge in [-0.1, -0.05) is 71.5 Å². The molecule has 3 aromatic carbocycles. The lowest BCUT2D eigenvalue weighted by molar-refractivity contribution is -0.385. The summed E-state index contributed by atoms with van der Waals surface area (Å²) in [5.41, 5.74) is 4.79. The molecule has 0 unspecified atom stereocenters. The van der Waals surface area contributed by atoms with Crippen molar-refractivity contribution < 1.29 is 10.0 Å². The summed E-state index contributed by atoms with van der Waals surface area (Å²) in [6.45, 7) is 0. The Kier molecular flexibility index (Phi) is 5.35. The predicted molar refractivity (Wildman–Crippen MR) is 139 cm³/mol. The molecule has 6 rings (SSSR count). The number of phenolic OH excluding ortho intramolecular Hbond substituents is 1. The van der Waals surface area contributed by atoms with E-state index in [4.69, 9.17) is 16.6 Å². The molecule has 1 N–H and O–H groups in total. The Labute approximate surface area is 213 Å². The molecule has 1 atom stereocenters. The number of nitrogens with zero attached hydrogens (tertiary/aromatic N) is 3. The van der Waals surface area contributed by atoms with E-state index in [1.165, 1.54) is 35.1 Å². The maximum atomic E-state index is 13.8. The van der Waals surface area contributed by atoms with Crippen molar-refractivity contribution in [2.24, 2.45) is 4.99 Å². The van der Waals surface area contributed by atoms with Gasteiger partial charge < -0.3 is 5.11 Å². The van der Waals surface area contributed by atoms with Crippen LogP contribution in [0.15, 0.2) is 82.1 Å². The molecule has 0 saturated heterocycles. The summed E-state index contributed by atoms with van der Waals surface area (Å²) in [5, 5.41) is 21.6. The van der Waals surface area contributed by atoms with Gasteiger partial charge in [0.25, 0.3) is 5.56 Å². The standard InChI is InChI=1S/C27H18ClN3O4S/c28-20-8-4-3-7-18(20)25-19-11-10-16-5-1-2-6-17(16)24(19)29-27-30(25)26(33)23(36-27)14-15-9-12-22(32)21(13-15)31(34)35/h1-9,12-14,25,32H,10-11H2/b23-14+/t25-/m1/s1. The summed E-state index contributed by atoms with van der Waals surface area (Å²) in [6.07, 6.45) is 3.18. The molecule has 0 spiro atoms. The summed E-state index contributed by atoms with van der Waals surface area (Å²) in [7, 11) is 0. The van der Waals surface area contributed by atoms with Gasteiger partial charge in [-0.25, -0.2) is 4.99 Å². The second-order valence-electron chi connectivity index (χ2n) is 8.64. The molecule has 36 heavy (non-hydrogen) atoms. The minimum atomic E-state index is -0.656. The van der Waals surface area contributed by atoms with Gasteiger partial charge in [0.1, 0.15) is 0 Å². The molecule has 9 heteroatoms. The van der Waals surface area contributed by atoms with E-state index in [1.54, 1.807) is 10.6 Å². The maximum absolute atomic E-state index is 13.8. The second-order valence-corrected chi connectivity index (χ2v) is 10.1. The highest BCUT2D eigenvalue weighted by atomic mass is 35.5. The van der Waals surface area contributed by atoms with Gasteiger partial charge in [-0.15, -0.1) is 0 Å². The Bertz CT molecular complexity index is 1790. The first-order valence-corrected chi connectivity index (χ1v) is 12.5. The number of aromatic hydroxyl groups is 1. The summed E-state index contributed by atoms with van der Waals surface area (Å²) in [4.78, 5) is 29.8. The number of nitro benzene ring substituents is 1. The maximum Gasteiger partial charge on any atom is 0.311 e. The number of halogens is 1. The van der Waals surface area contributed by atoms with Crippen LogP contribution in [-0.4, -0.2) is 14.6 Å². The minimum absolute atomic E-state index is 0.246. The summed E-state index contributed by atoms with van der Waals surface area (Å²) in [6, 6.07) is 19.3. The predicted octanol–water partition coefficient (Wildman–Crippen LogP) is 4.59. The number of aryl methyl sites for hydroxylation is 1. The van der Waals surface area contributed by atoms with Crippen LogP contribution in [0.2, 0.25) is 5.02 Å². The molecule has 0 fully saturated rings. The summed E-state index contributed by atoms with van der Waals surface area (Å²) in [5.74, 6) is -0.427. The molecule has 2 aliphatic rings. The van der Waals surface area contributed by atoms with Crippen LogP contribution in [0.25, 0.3) is 11.8 Å². The first-order chi connectivity index (χ1) is 17.4. The first-order valence-electron chi connectivity index (χ1n) is 11.3. The minimum Gasteiger partial charge on any atom is -0.502 e. The fraction of sp³-hybridized carbons (Fsp3) is 0.111. The van der Waals surface area contributed by atoms with E-state index >= 15 is 0 Å². The molecule has 0 amide bonds. The molecule has 4 aromatic rings. The van der Waals surface area contributed by atoms with Crippen molar-refractivity contribution >= 4 is 40.4 Å². The zero-order valence-electron chi connectivity index (χ0n) is 18.7. The molecule has 178 valence electrons. The Balaban J connectivity index is 1.62. The fourth-order valence-electron chi connectivity index (χ4n) is 4.92. The number of benzene rings is 3.